The van der Waals surface area contributed by atoms with Gasteiger partial charge in [0.1, 0.15) is 11.6 Å². The molecule has 0 amide bonds. The summed E-state index contributed by atoms with van der Waals surface area (Å²) in [7, 11) is 0. The van der Waals surface area contributed by atoms with E-state index in [1.807, 2.05) is 48.5 Å². The number of rotatable bonds is 3. The summed E-state index contributed by atoms with van der Waals surface area (Å²) in [5, 5.41) is 4.30. The third kappa shape index (κ3) is 2.64. The van der Waals surface area contributed by atoms with Crippen molar-refractivity contribution in [3.8, 4) is 0 Å². The molecule has 2 aromatic carbocycles. The molecule has 0 fully saturated rings. The molecular weight excluding hydrogens is 316 g/mol. The van der Waals surface area contributed by atoms with Crippen molar-refractivity contribution >= 4 is 38.3 Å². The van der Waals surface area contributed by atoms with Crippen LogP contribution in [0.3, 0.4) is 0 Å². The molecule has 0 bridgehead atoms. The molecule has 100 valence electrons. The van der Waals surface area contributed by atoms with Gasteiger partial charge >= 0.3 is 0 Å². The first-order valence-electron chi connectivity index (χ1n) is 6.24. The summed E-state index contributed by atoms with van der Waals surface area (Å²) in [4.78, 5) is 8.90. The van der Waals surface area contributed by atoms with Gasteiger partial charge in [-0.05, 0) is 36.4 Å². The Hall–Kier alpha value is -1.98. The molecule has 20 heavy (non-hydrogen) atoms. The summed E-state index contributed by atoms with van der Waals surface area (Å²) in [6.45, 7) is 0.319. The lowest BCUT2D eigenvalue weighted by Gasteiger charge is -2.10. The van der Waals surface area contributed by atoms with E-state index in [0.717, 1.165) is 26.9 Å². The Morgan fingerprint density at radius 3 is 2.50 bits per heavy atom. The minimum Gasteiger partial charge on any atom is -0.340 e. The van der Waals surface area contributed by atoms with Crippen molar-refractivity contribution in [2.75, 3.05) is 5.32 Å². The molecule has 0 unspecified atom stereocenters. The molecule has 1 aromatic heterocycles. The van der Waals surface area contributed by atoms with Crippen LogP contribution in [-0.2, 0) is 6.54 Å². The molecule has 0 spiro atoms. The van der Waals surface area contributed by atoms with Gasteiger partial charge in [-0.3, -0.25) is 0 Å². The van der Waals surface area contributed by atoms with Crippen LogP contribution in [0.1, 0.15) is 5.82 Å². The number of benzene rings is 2. The lowest BCUT2D eigenvalue weighted by atomic mass is 10.2. The van der Waals surface area contributed by atoms with Gasteiger partial charge in [0, 0.05) is 15.5 Å². The van der Waals surface area contributed by atoms with Crippen LogP contribution in [0.4, 0.5) is 11.5 Å². The summed E-state index contributed by atoms with van der Waals surface area (Å²) in [5.74, 6) is 1.40. The first-order chi connectivity index (χ1) is 9.76. The van der Waals surface area contributed by atoms with E-state index < -0.39 is 0 Å². The Morgan fingerprint density at radius 1 is 1.00 bits per heavy atom. The van der Waals surface area contributed by atoms with Crippen molar-refractivity contribution in [1.29, 1.82) is 0 Å². The van der Waals surface area contributed by atoms with Crippen molar-refractivity contribution in [2.45, 2.75) is 6.54 Å². The van der Waals surface area contributed by atoms with Crippen LogP contribution in [0.2, 0.25) is 0 Å². The number of hydrogen-bond donors (Lipinski definition) is 2. The molecule has 0 saturated carbocycles. The summed E-state index contributed by atoms with van der Waals surface area (Å²) in [5.41, 5.74) is 7.53. The largest absolute Gasteiger partial charge is 0.340 e. The lowest BCUT2D eigenvalue weighted by Crippen LogP contribution is -2.06. The number of fused-ring (bicyclic) bond motifs is 1. The number of nitrogens with one attached hydrogen (secondary N) is 1. The third-order valence-electron chi connectivity index (χ3n) is 2.94. The van der Waals surface area contributed by atoms with E-state index >= 15 is 0 Å². The van der Waals surface area contributed by atoms with E-state index in [1.54, 1.807) is 0 Å². The molecule has 0 saturated heterocycles. The average Bonchev–Trinajstić information content (AvgIpc) is 2.49. The molecular formula is C15H13BrN4. The zero-order valence-corrected chi connectivity index (χ0v) is 12.3. The highest BCUT2D eigenvalue weighted by Crippen LogP contribution is 2.24. The zero-order valence-electron chi connectivity index (χ0n) is 10.7. The second-order valence-electron chi connectivity index (χ2n) is 4.34. The molecule has 1 heterocycles. The predicted octanol–water partition coefficient (Wildman–Crippen LogP) is 3.59. The van der Waals surface area contributed by atoms with Gasteiger partial charge in [-0.2, -0.15) is 0 Å². The highest BCUT2D eigenvalue weighted by atomic mass is 79.9. The number of halogens is 1. The van der Waals surface area contributed by atoms with E-state index in [2.05, 4.69) is 31.2 Å². The Bertz CT molecular complexity index is 740. The van der Waals surface area contributed by atoms with E-state index in [0.29, 0.717) is 12.4 Å². The molecule has 3 aromatic rings. The van der Waals surface area contributed by atoms with Crippen LogP contribution in [0.25, 0.3) is 10.9 Å². The van der Waals surface area contributed by atoms with Gasteiger partial charge in [-0.25, -0.2) is 9.97 Å². The number of nitrogens with two attached hydrogens (primary N) is 1. The summed E-state index contributed by atoms with van der Waals surface area (Å²) in [6, 6.07) is 15.8. The molecule has 3 rings (SSSR count). The molecule has 0 aliphatic rings. The first-order valence-corrected chi connectivity index (χ1v) is 7.04. The van der Waals surface area contributed by atoms with Gasteiger partial charge in [0.05, 0.1) is 12.1 Å². The van der Waals surface area contributed by atoms with Crippen molar-refractivity contribution < 1.29 is 0 Å². The maximum absolute atomic E-state index is 5.66. The second-order valence-corrected chi connectivity index (χ2v) is 5.26. The minimum absolute atomic E-state index is 0.319. The Labute approximate surface area is 125 Å². The first kappa shape index (κ1) is 13.0. The Balaban J connectivity index is 2.07. The molecule has 4 nitrogen and oxygen atoms in total. The maximum atomic E-state index is 5.66. The van der Waals surface area contributed by atoms with Crippen LogP contribution in [0.5, 0.6) is 0 Å². The fourth-order valence-electron chi connectivity index (χ4n) is 1.98. The molecule has 0 aliphatic carbocycles. The normalized spacial score (nSPS) is 10.7. The molecule has 0 atom stereocenters. The quantitative estimate of drug-likeness (QED) is 0.771. The number of anilines is 2. The number of hydrogen-bond acceptors (Lipinski definition) is 4. The van der Waals surface area contributed by atoms with Crippen molar-refractivity contribution in [1.82, 2.24) is 9.97 Å². The van der Waals surface area contributed by atoms with Gasteiger partial charge in [-0.15, -0.1) is 0 Å². The predicted molar refractivity (Wildman–Crippen MR) is 84.9 cm³/mol. The molecule has 0 radical (unpaired) electrons. The Morgan fingerprint density at radius 2 is 1.75 bits per heavy atom. The number of aromatic nitrogens is 2. The number of para-hydroxylation sites is 1. The molecule has 3 N–H and O–H groups in total. The van der Waals surface area contributed by atoms with Crippen LogP contribution in [-0.4, -0.2) is 9.97 Å². The SMILES string of the molecule is NCc1nc(Nc2ccc(Br)cc2)c2ccccc2n1. The molecule has 5 heteroatoms. The van der Waals surface area contributed by atoms with Gasteiger partial charge in [-0.1, -0.05) is 28.1 Å². The lowest BCUT2D eigenvalue weighted by molar-refractivity contribution is 0.929. The van der Waals surface area contributed by atoms with Gasteiger partial charge in [0.25, 0.3) is 0 Å². The van der Waals surface area contributed by atoms with E-state index in [-0.39, 0.29) is 0 Å². The molecule has 0 aliphatic heterocycles. The van der Waals surface area contributed by atoms with Crippen LogP contribution < -0.4 is 11.1 Å². The van der Waals surface area contributed by atoms with Crippen LogP contribution >= 0.6 is 15.9 Å². The van der Waals surface area contributed by atoms with E-state index in [4.69, 9.17) is 5.73 Å². The monoisotopic (exact) mass is 328 g/mol. The smallest absolute Gasteiger partial charge is 0.144 e. The van der Waals surface area contributed by atoms with Crippen LogP contribution in [0, 0.1) is 0 Å². The van der Waals surface area contributed by atoms with Gasteiger partial charge < -0.3 is 11.1 Å². The average molecular weight is 329 g/mol. The Kier molecular flexibility index (Phi) is 3.62. The van der Waals surface area contributed by atoms with Gasteiger partial charge in [0.15, 0.2) is 0 Å². The van der Waals surface area contributed by atoms with E-state index in [1.165, 1.54) is 0 Å². The van der Waals surface area contributed by atoms with Crippen molar-refractivity contribution in [3.05, 3.63) is 58.8 Å². The summed E-state index contributed by atoms with van der Waals surface area (Å²) < 4.78 is 1.04. The summed E-state index contributed by atoms with van der Waals surface area (Å²) >= 11 is 3.42. The van der Waals surface area contributed by atoms with E-state index in [9.17, 15) is 0 Å². The second kappa shape index (κ2) is 5.56. The zero-order chi connectivity index (χ0) is 13.9. The highest BCUT2D eigenvalue weighted by Gasteiger charge is 2.06. The fraction of sp³-hybridized carbons (Fsp3) is 0.0667. The fourth-order valence-corrected chi connectivity index (χ4v) is 2.25. The summed E-state index contributed by atoms with van der Waals surface area (Å²) in [6.07, 6.45) is 0. The maximum Gasteiger partial charge on any atom is 0.144 e. The van der Waals surface area contributed by atoms with Crippen LogP contribution in [0.15, 0.2) is 53.0 Å². The standard InChI is InChI=1S/C15H13BrN4/c16-10-5-7-11(8-6-10)18-15-12-3-1-2-4-13(12)19-14(9-17)20-15/h1-8H,9,17H2,(H,18,19,20). The highest BCUT2D eigenvalue weighted by molar-refractivity contribution is 9.10. The van der Waals surface area contributed by atoms with Crippen molar-refractivity contribution in [2.24, 2.45) is 5.73 Å². The minimum atomic E-state index is 0.319. The topological polar surface area (TPSA) is 63.8 Å². The van der Waals surface area contributed by atoms with Gasteiger partial charge in [0.2, 0.25) is 0 Å². The number of nitrogens with zero attached hydrogens (tertiary/aromatic N) is 2. The van der Waals surface area contributed by atoms with Crippen molar-refractivity contribution in [3.63, 3.8) is 0 Å². The third-order valence-corrected chi connectivity index (χ3v) is 3.47.